The second-order valence-corrected chi connectivity index (χ2v) is 3.26. The maximum Gasteiger partial charge on any atom is 0.323 e. The van der Waals surface area contributed by atoms with Crippen LogP contribution in [0.15, 0.2) is 0 Å². The van der Waals surface area contributed by atoms with Crippen molar-refractivity contribution in [1.29, 1.82) is 0 Å². The molecule has 0 saturated carbocycles. The lowest BCUT2D eigenvalue weighted by molar-refractivity contribution is -0.126. The summed E-state index contributed by atoms with van der Waals surface area (Å²) in [5.74, 6) is -0.201. The number of nitrogens with zero attached hydrogens (tertiary/aromatic N) is 2. The molecule has 1 N–H and O–H groups in total. The van der Waals surface area contributed by atoms with E-state index in [9.17, 15) is 9.59 Å². The van der Waals surface area contributed by atoms with Crippen molar-refractivity contribution in [2.24, 2.45) is 0 Å². The van der Waals surface area contributed by atoms with Gasteiger partial charge < -0.3 is 4.90 Å². The predicted octanol–water partition coefficient (Wildman–Crippen LogP) is -0.512. The summed E-state index contributed by atoms with van der Waals surface area (Å²) in [4.78, 5) is 25.8. The third kappa shape index (κ3) is 1.98. The number of rotatable bonds is 2. The minimum absolute atomic E-state index is 0.201. The molecule has 3 amide bonds. The van der Waals surface area contributed by atoms with Crippen LogP contribution < -0.4 is 5.32 Å². The summed E-state index contributed by atoms with van der Waals surface area (Å²) in [6.45, 7) is 3.23. The highest BCUT2D eigenvalue weighted by molar-refractivity contribution is 5.99. The van der Waals surface area contributed by atoms with Crippen LogP contribution in [0.25, 0.3) is 0 Å². The molecule has 1 unspecified atom stereocenters. The number of hydrogen-bond donors (Lipinski definition) is 1. The highest BCUT2D eigenvalue weighted by Gasteiger charge is 2.31. The molecule has 0 aromatic heterocycles. The zero-order valence-electron chi connectivity index (χ0n) is 8.20. The maximum atomic E-state index is 11.4. The number of carbonyl (C=O) groups is 2. The number of amides is 3. The Morgan fingerprint density at radius 1 is 1.62 bits per heavy atom. The molecule has 74 valence electrons. The molecular weight excluding hydrogens is 170 g/mol. The topological polar surface area (TPSA) is 52.6 Å². The van der Waals surface area contributed by atoms with Gasteiger partial charge in [-0.05, 0) is 13.6 Å². The molecule has 13 heavy (non-hydrogen) atoms. The second-order valence-electron chi connectivity index (χ2n) is 3.26. The van der Waals surface area contributed by atoms with Gasteiger partial charge in [0, 0.05) is 13.6 Å². The molecule has 0 aromatic carbocycles. The quantitative estimate of drug-likeness (QED) is 0.630. The molecular formula is C8H15N3O2. The first-order chi connectivity index (χ1) is 6.06. The van der Waals surface area contributed by atoms with E-state index in [2.05, 4.69) is 5.32 Å². The molecule has 1 heterocycles. The Hall–Kier alpha value is -1.10. The van der Waals surface area contributed by atoms with Crippen molar-refractivity contribution in [2.45, 2.75) is 13.0 Å². The summed E-state index contributed by atoms with van der Waals surface area (Å²) < 4.78 is 0. The molecule has 1 aliphatic heterocycles. The average molecular weight is 185 g/mol. The Bertz CT molecular complexity index is 229. The Morgan fingerprint density at radius 3 is 2.77 bits per heavy atom. The van der Waals surface area contributed by atoms with E-state index in [0.717, 1.165) is 6.54 Å². The minimum atomic E-state index is -0.314. The molecule has 1 aliphatic rings. The minimum Gasteiger partial charge on any atom is -0.325 e. The zero-order valence-corrected chi connectivity index (χ0v) is 8.20. The van der Waals surface area contributed by atoms with Gasteiger partial charge in [-0.2, -0.15) is 0 Å². The van der Waals surface area contributed by atoms with Gasteiger partial charge in [0.05, 0.1) is 0 Å². The van der Waals surface area contributed by atoms with Crippen molar-refractivity contribution < 1.29 is 9.59 Å². The molecule has 1 atom stereocenters. The van der Waals surface area contributed by atoms with E-state index >= 15 is 0 Å². The lowest BCUT2D eigenvalue weighted by atomic mass is 10.2. The molecule has 1 saturated heterocycles. The van der Waals surface area contributed by atoms with Gasteiger partial charge in [0.1, 0.15) is 6.04 Å². The van der Waals surface area contributed by atoms with Crippen molar-refractivity contribution in [3.63, 3.8) is 0 Å². The Kier molecular flexibility index (Phi) is 2.87. The van der Waals surface area contributed by atoms with Crippen LogP contribution in [-0.2, 0) is 4.79 Å². The molecule has 0 spiro atoms. The van der Waals surface area contributed by atoms with Crippen LogP contribution in [0, 0.1) is 0 Å². The number of carbonyl (C=O) groups excluding carboxylic acids is 2. The van der Waals surface area contributed by atoms with Crippen LogP contribution in [0.2, 0.25) is 0 Å². The van der Waals surface area contributed by atoms with Crippen LogP contribution in [0.5, 0.6) is 0 Å². The van der Waals surface area contributed by atoms with Gasteiger partial charge in [-0.25, -0.2) is 4.79 Å². The molecule has 0 bridgehead atoms. The number of nitrogens with one attached hydrogen (secondary N) is 1. The van der Waals surface area contributed by atoms with E-state index in [1.165, 1.54) is 4.90 Å². The molecule has 0 aromatic rings. The highest BCUT2D eigenvalue weighted by Crippen LogP contribution is 2.04. The fourth-order valence-corrected chi connectivity index (χ4v) is 1.27. The number of likely N-dealkylation sites (N-methyl/N-ethyl adjacent to an activating group) is 2. The first kappa shape index (κ1) is 9.98. The summed E-state index contributed by atoms with van der Waals surface area (Å²) in [5, 5.41) is 2.30. The molecule has 0 radical (unpaired) electrons. The average Bonchev–Trinajstić information content (AvgIpc) is 2.10. The lowest BCUT2D eigenvalue weighted by Crippen LogP contribution is -2.60. The van der Waals surface area contributed by atoms with Crippen LogP contribution in [0.4, 0.5) is 4.79 Å². The van der Waals surface area contributed by atoms with Crippen molar-refractivity contribution in [3.8, 4) is 0 Å². The SMILES string of the molecule is CCN(C)C1CN(C)C(=O)NC1=O. The third-order valence-electron chi connectivity index (χ3n) is 2.36. The van der Waals surface area contributed by atoms with Gasteiger partial charge >= 0.3 is 6.03 Å². The van der Waals surface area contributed by atoms with Crippen molar-refractivity contribution in [3.05, 3.63) is 0 Å². The van der Waals surface area contributed by atoms with Gasteiger partial charge in [0.2, 0.25) is 5.91 Å². The van der Waals surface area contributed by atoms with E-state index in [0.29, 0.717) is 6.54 Å². The van der Waals surface area contributed by atoms with Crippen molar-refractivity contribution in [1.82, 2.24) is 15.1 Å². The summed E-state index contributed by atoms with van der Waals surface area (Å²) in [6.07, 6.45) is 0. The van der Waals surface area contributed by atoms with E-state index < -0.39 is 0 Å². The van der Waals surface area contributed by atoms with E-state index in [-0.39, 0.29) is 18.0 Å². The largest absolute Gasteiger partial charge is 0.325 e. The Labute approximate surface area is 77.7 Å². The Morgan fingerprint density at radius 2 is 2.23 bits per heavy atom. The molecule has 1 rings (SSSR count). The lowest BCUT2D eigenvalue weighted by Gasteiger charge is -2.33. The molecule has 5 heteroatoms. The van der Waals surface area contributed by atoms with Gasteiger partial charge in [-0.3, -0.25) is 15.0 Å². The van der Waals surface area contributed by atoms with Gasteiger partial charge in [0.25, 0.3) is 0 Å². The van der Waals surface area contributed by atoms with E-state index in [1.54, 1.807) is 7.05 Å². The smallest absolute Gasteiger partial charge is 0.323 e. The van der Waals surface area contributed by atoms with Crippen LogP contribution in [0.1, 0.15) is 6.92 Å². The first-order valence-corrected chi connectivity index (χ1v) is 4.32. The Balaban J connectivity index is 2.66. The normalized spacial score (nSPS) is 23.7. The number of imide groups is 1. The second kappa shape index (κ2) is 3.74. The highest BCUT2D eigenvalue weighted by atomic mass is 16.2. The number of urea groups is 1. The summed E-state index contributed by atoms with van der Waals surface area (Å²) in [6, 6.07) is -0.529. The molecule has 1 fully saturated rings. The van der Waals surface area contributed by atoms with E-state index in [1.807, 2.05) is 18.9 Å². The maximum absolute atomic E-state index is 11.4. The van der Waals surface area contributed by atoms with Gasteiger partial charge in [-0.15, -0.1) is 0 Å². The summed E-state index contributed by atoms with van der Waals surface area (Å²) >= 11 is 0. The fourth-order valence-electron chi connectivity index (χ4n) is 1.27. The zero-order chi connectivity index (χ0) is 10.0. The summed E-state index contributed by atoms with van der Waals surface area (Å²) in [7, 11) is 3.55. The standard InChI is InChI=1S/C8H15N3O2/c1-4-10(2)6-5-11(3)8(13)9-7(6)12/h6H,4-5H2,1-3H3,(H,9,12,13). The van der Waals surface area contributed by atoms with E-state index in [4.69, 9.17) is 0 Å². The monoisotopic (exact) mass is 185 g/mol. The first-order valence-electron chi connectivity index (χ1n) is 4.32. The number of hydrogen-bond acceptors (Lipinski definition) is 3. The van der Waals surface area contributed by atoms with Crippen molar-refractivity contribution >= 4 is 11.9 Å². The van der Waals surface area contributed by atoms with Crippen LogP contribution in [0.3, 0.4) is 0 Å². The predicted molar refractivity (Wildman–Crippen MR) is 48.3 cm³/mol. The van der Waals surface area contributed by atoms with Crippen LogP contribution >= 0.6 is 0 Å². The van der Waals surface area contributed by atoms with Gasteiger partial charge in [0.15, 0.2) is 0 Å². The fraction of sp³-hybridized carbons (Fsp3) is 0.750. The van der Waals surface area contributed by atoms with Gasteiger partial charge in [-0.1, -0.05) is 6.92 Å². The third-order valence-corrected chi connectivity index (χ3v) is 2.36. The molecule has 5 nitrogen and oxygen atoms in total. The molecule has 0 aliphatic carbocycles. The summed E-state index contributed by atoms with van der Waals surface area (Å²) in [5.41, 5.74) is 0. The van der Waals surface area contributed by atoms with Crippen LogP contribution in [-0.4, -0.2) is 55.0 Å². The van der Waals surface area contributed by atoms with Crippen molar-refractivity contribution in [2.75, 3.05) is 27.2 Å².